The molecule has 0 radical (unpaired) electrons. The summed E-state index contributed by atoms with van der Waals surface area (Å²) in [7, 11) is 3.05. The zero-order valence-electron chi connectivity index (χ0n) is 21.2. The van der Waals surface area contributed by atoms with Crippen LogP contribution in [0.15, 0.2) is 77.8 Å². The Morgan fingerprint density at radius 1 is 1.03 bits per heavy atom. The van der Waals surface area contributed by atoms with E-state index in [1.807, 2.05) is 12.1 Å². The summed E-state index contributed by atoms with van der Waals surface area (Å²) >= 11 is 1.04. The maximum atomic E-state index is 13.3. The molecule has 1 saturated heterocycles. The molecule has 1 aliphatic heterocycles. The molecular formula is C28H26F3N3O4S. The van der Waals surface area contributed by atoms with E-state index in [4.69, 9.17) is 9.47 Å². The van der Waals surface area contributed by atoms with E-state index >= 15 is 0 Å². The van der Waals surface area contributed by atoms with E-state index in [0.29, 0.717) is 23.6 Å². The SMILES string of the molecule is COc1ccc(CCN2C(=O)CC(C(=O)Nc3ccccc3)SC2=Nc2cccc(C(F)(F)F)c2)cc1OC. The highest BCUT2D eigenvalue weighted by molar-refractivity contribution is 8.15. The molecule has 4 rings (SSSR count). The Bertz CT molecular complexity index is 1370. The van der Waals surface area contributed by atoms with Crippen molar-refractivity contribution < 1.29 is 32.2 Å². The molecule has 1 fully saturated rings. The summed E-state index contributed by atoms with van der Waals surface area (Å²) in [5.41, 5.74) is 0.600. The standard InChI is InChI=1S/C28H26F3N3O4S/c1-37-22-12-11-18(15-23(22)38-2)13-14-34-25(35)17-24(26(36)32-20-8-4-3-5-9-20)39-27(34)33-21-10-6-7-19(16-21)28(29,30)31/h3-12,15-16,24H,13-14,17H2,1-2H3,(H,32,36). The lowest BCUT2D eigenvalue weighted by Crippen LogP contribution is -2.46. The predicted octanol–water partition coefficient (Wildman–Crippen LogP) is 5.93. The summed E-state index contributed by atoms with van der Waals surface area (Å²) in [5, 5.41) is 2.13. The number of hydrogen-bond donors (Lipinski definition) is 1. The van der Waals surface area contributed by atoms with E-state index in [-0.39, 0.29) is 29.7 Å². The molecule has 0 aliphatic carbocycles. The first-order valence-corrected chi connectivity index (χ1v) is 12.9. The monoisotopic (exact) mass is 557 g/mol. The Balaban J connectivity index is 1.60. The zero-order valence-corrected chi connectivity index (χ0v) is 22.0. The number of carbonyl (C=O) groups excluding carboxylic acids is 2. The predicted molar refractivity (Wildman–Crippen MR) is 145 cm³/mol. The van der Waals surface area contributed by atoms with E-state index in [0.717, 1.165) is 29.5 Å². The van der Waals surface area contributed by atoms with Gasteiger partial charge in [0, 0.05) is 18.7 Å². The first kappa shape index (κ1) is 28.0. The molecule has 0 saturated carbocycles. The minimum atomic E-state index is -4.54. The second-order valence-corrected chi connectivity index (χ2v) is 9.76. The molecule has 3 aromatic carbocycles. The first-order valence-electron chi connectivity index (χ1n) is 12.0. The van der Waals surface area contributed by atoms with Crippen LogP contribution in [-0.2, 0) is 22.2 Å². The van der Waals surface area contributed by atoms with Crippen molar-refractivity contribution in [2.45, 2.75) is 24.3 Å². The summed E-state index contributed by atoms with van der Waals surface area (Å²) in [5.74, 6) is 0.346. The Labute approximate surface area is 228 Å². The van der Waals surface area contributed by atoms with Crippen molar-refractivity contribution >= 4 is 40.1 Å². The third kappa shape index (κ3) is 7.11. The molecule has 0 bridgehead atoms. The van der Waals surface area contributed by atoms with Crippen LogP contribution in [0.25, 0.3) is 0 Å². The molecule has 204 valence electrons. The molecule has 1 atom stereocenters. The van der Waals surface area contributed by atoms with E-state index in [2.05, 4.69) is 10.3 Å². The van der Waals surface area contributed by atoms with Gasteiger partial charge in [-0.15, -0.1) is 0 Å². The number of amides is 2. The second kappa shape index (κ2) is 12.2. The molecule has 0 spiro atoms. The smallest absolute Gasteiger partial charge is 0.416 e. The Hall–Kier alpha value is -3.99. The van der Waals surface area contributed by atoms with Gasteiger partial charge in [-0.3, -0.25) is 14.5 Å². The molecule has 1 aliphatic rings. The van der Waals surface area contributed by atoms with Crippen molar-refractivity contribution in [2.24, 2.45) is 4.99 Å². The normalized spacial score (nSPS) is 16.7. The summed E-state index contributed by atoms with van der Waals surface area (Å²) in [4.78, 5) is 32.0. The van der Waals surface area contributed by atoms with Gasteiger partial charge in [-0.1, -0.05) is 42.1 Å². The first-order chi connectivity index (χ1) is 18.7. The number of ether oxygens (including phenoxy) is 2. The number of methoxy groups -OCH3 is 2. The maximum Gasteiger partial charge on any atom is 0.416 e. The fourth-order valence-electron chi connectivity index (χ4n) is 3.94. The van der Waals surface area contributed by atoms with Crippen LogP contribution < -0.4 is 14.8 Å². The summed E-state index contributed by atoms with van der Waals surface area (Å²) in [6, 6.07) is 18.7. The van der Waals surface area contributed by atoms with Crippen LogP contribution >= 0.6 is 11.8 Å². The lowest BCUT2D eigenvalue weighted by molar-refractivity contribution is -0.137. The van der Waals surface area contributed by atoms with Crippen molar-refractivity contribution in [3.8, 4) is 11.5 Å². The van der Waals surface area contributed by atoms with E-state index in [9.17, 15) is 22.8 Å². The van der Waals surface area contributed by atoms with E-state index in [1.165, 1.54) is 31.3 Å². The third-order valence-corrected chi connectivity index (χ3v) is 7.13. The van der Waals surface area contributed by atoms with Crippen molar-refractivity contribution in [1.82, 2.24) is 4.90 Å². The Morgan fingerprint density at radius 2 is 1.77 bits per heavy atom. The number of hydrogen-bond acceptors (Lipinski definition) is 6. The van der Waals surface area contributed by atoms with Gasteiger partial charge in [0.05, 0.1) is 25.5 Å². The van der Waals surface area contributed by atoms with Crippen LogP contribution in [0, 0.1) is 0 Å². The molecule has 0 aromatic heterocycles. The highest BCUT2D eigenvalue weighted by Crippen LogP contribution is 2.34. The molecular weight excluding hydrogens is 531 g/mol. The molecule has 7 nitrogen and oxygen atoms in total. The Morgan fingerprint density at radius 3 is 2.46 bits per heavy atom. The average molecular weight is 558 g/mol. The number of thioether (sulfide) groups is 1. The molecule has 3 aromatic rings. The fraction of sp³-hybridized carbons (Fsp3) is 0.250. The topological polar surface area (TPSA) is 80.2 Å². The number of aliphatic imine (C=N–C) groups is 1. The number of para-hydroxylation sites is 1. The van der Waals surface area contributed by atoms with Gasteiger partial charge >= 0.3 is 6.18 Å². The number of carbonyl (C=O) groups is 2. The van der Waals surface area contributed by atoms with Crippen LogP contribution in [0.1, 0.15) is 17.5 Å². The van der Waals surface area contributed by atoms with Crippen molar-refractivity contribution in [1.29, 1.82) is 0 Å². The zero-order chi connectivity index (χ0) is 28.0. The van der Waals surface area contributed by atoms with Gasteiger partial charge in [-0.2, -0.15) is 13.2 Å². The van der Waals surface area contributed by atoms with Gasteiger partial charge in [0.2, 0.25) is 11.8 Å². The second-order valence-electron chi connectivity index (χ2n) is 8.59. The van der Waals surface area contributed by atoms with Gasteiger partial charge in [-0.05, 0) is 54.4 Å². The highest BCUT2D eigenvalue weighted by Gasteiger charge is 2.36. The van der Waals surface area contributed by atoms with Crippen molar-refractivity contribution in [3.63, 3.8) is 0 Å². The summed E-state index contributed by atoms with van der Waals surface area (Å²) < 4.78 is 50.5. The number of rotatable bonds is 8. The minimum absolute atomic E-state index is 0.0281. The van der Waals surface area contributed by atoms with E-state index in [1.54, 1.807) is 36.4 Å². The van der Waals surface area contributed by atoms with Crippen LogP contribution in [0.5, 0.6) is 11.5 Å². The lowest BCUT2D eigenvalue weighted by atomic mass is 10.1. The number of nitrogens with one attached hydrogen (secondary N) is 1. The van der Waals surface area contributed by atoms with Crippen molar-refractivity contribution in [3.05, 3.63) is 83.9 Å². The number of nitrogens with zero attached hydrogens (tertiary/aromatic N) is 2. The van der Waals surface area contributed by atoms with Crippen LogP contribution in [0.2, 0.25) is 0 Å². The van der Waals surface area contributed by atoms with Crippen LogP contribution in [0.3, 0.4) is 0 Å². The summed E-state index contributed by atoms with van der Waals surface area (Å²) in [6.45, 7) is 0.201. The number of anilines is 1. The van der Waals surface area contributed by atoms with Crippen LogP contribution in [-0.4, -0.2) is 47.9 Å². The average Bonchev–Trinajstić information content (AvgIpc) is 2.92. The largest absolute Gasteiger partial charge is 0.493 e. The number of halogens is 3. The number of benzene rings is 3. The van der Waals surface area contributed by atoms with Crippen LogP contribution in [0.4, 0.5) is 24.5 Å². The van der Waals surface area contributed by atoms with Crippen molar-refractivity contribution in [2.75, 3.05) is 26.1 Å². The van der Waals surface area contributed by atoms with Gasteiger partial charge in [0.1, 0.15) is 5.25 Å². The number of alkyl halides is 3. The van der Waals surface area contributed by atoms with Gasteiger partial charge in [-0.25, -0.2) is 4.99 Å². The summed E-state index contributed by atoms with van der Waals surface area (Å²) in [6.07, 6.45) is -4.22. The molecule has 1 N–H and O–H groups in total. The highest BCUT2D eigenvalue weighted by atomic mass is 32.2. The molecule has 1 heterocycles. The van der Waals surface area contributed by atoms with Gasteiger partial charge in [0.25, 0.3) is 0 Å². The van der Waals surface area contributed by atoms with Gasteiger partial charge in [0.15, 0.2) is 16.7 Å². The third-order valence-electron chi connectivity index (χ3n) is 5.94. The minimum Gasteiger partial charge on any atom is -0.493 e. The lowest BCUT2D eigenvalue weighted by Gasteiger charge is -2.32. The van der Waals surface area contributed by atoms with E-state index < -0.39 is 22.9 Å². The van der Waals surface area contributed by atoms with Gasteiger partial charge < -0.3 is 14.8 Å². The molecule has 2 amide bonds. The molecule has 11 heteroatoms. The fourth-order valence-corrected chi connectivity index (χ4v) is 5.07. The Kier molecular flexibility index (Phi) is 8.80. The molecule has 39 heavy (non-hydrogen) atoms. The quantitative estimate of drug-likeness (QED) is 0.372. The maximum absolute atomic E-state index is 13.3. The number of amidine groups is 1. The molecule has 1 unspecified atom stereocenters.